The summed E-state index contributed by atoms with van der Waals surface area (Å²) >= 11 is 0. The van der Waals surface area contributed by atoms with Crippen LogP contribution in [0.15, 0.2) is 60.7 Å². The lowest BCUT2D eigenvalue weighted by molar-refractivity contribution is 1.76. The molecule has 0 nitrogen and oxygen atoms in total. The number of benzene rings is 2. The van der Waals surface area contributed by atoms with Crippen LogP contribution in [-0.4, -0.2) is 0 Å². The molecule has 0 aliphatic heterocycles. The summed E-state index contributed by atoms with van der Waals surface area (Å²) in [6, 6.07) is 21.2. The Balaban J connectivity index is 0.000000980. The van der Waals surface area contributed by atoms with Gasteiger partial charge in [-0.05, 0) is 10.6 Å². The third-order valence-corrected chi connectivity index (χ3v) is 3.08. The second-order valence-electron chi connectivity index (χ2n) is 2.86. The predicted molar refractivity (Wildman–Crippen MR) is 67.2 cm³/mol. The Morgan fingerprint density at radius 2 is 0.929 bits per heavy atom. The molecule has 2 rings (SSSR count). The van der Waals surface area contributed by atoms with Crippen LogP contribution in [0, 0.1) is 0 Å². The quantitative estimate of drug-likeness (QED) is 0.657. The van der Waals surface area contributed by atoms with Gasteiger partial charge in [0.15, 0.2) is 0 Å². The van der Waals surface area contributed by atoms with Crippen molar-refractivity contribution in [3.8, 4) is 0 Å². The average molecular weight is 202 g/mol. The van der Waals surface area contributed by atoms with Gasteiger partial charge in [-0.2, -0.15) is 0 Å². The maximum atomic E-state index is 2.17. The highest BCUT2D eigenvalue weighted by molar-refractivity contribution is 7.55. The number of hydrogen-bond donors (Lipinski definition) is 0. The van der Waals surface area contributed by atoms with Gasteiger partial charge in [0.05, 0.1) is 0 Å². The van der Waals surface area contributed by atoms with Crippen LogP contribution in [0.3, 0.4) is 0 Å². The molecule has 0 aromatic heterocycles. The molecular formula is C13H15P. The molecule has 2 aromatic carbocycles. The molecule has 0 fully saturated rings. The van der Waals surface area contributed by atoms with E-state index in [1.807, 2.05) is 0 Å². The van der Waals surface area contributed by atoms with Crippen molar-refractivity contribution >= 4 is 19.2 Å². The van der Waals surface area contributed by atoms with E-state index in [-0.39, 0.29) is 7.43 Å². The van der Waals surface area contributed by atoms with E-state index >= 15 is 0 Å². The molecule has 1 heteroatoms. The Labute approximate surface area is 87.8 Å². The van der Waals surface area contributed by atoms with E-state index in [0.29, 0.717) is 0 Å². The maximum absolute atomic E-state index is 2.17. The van der Waals surface area contributed by atoms with Crippen molar-refractivity contribution in [3.63, 3.8) is 0 Å². The molecule has 0 amide bonds. The van der Waals surface area contributed by atoms with E-state index in [1.54, 1.807) is 0 Å². The fourth-order valence-electron chi connectivity index (χ4n) is 1.21. The van der Waals surface area contributed by atoms with Crippen LogP contribution >= 0.6 is 8.58 Å². The molecule has 0 atom stereocenters. The van der Waals surface area contributed by atoms with Crippen LogP contribution in [0.1, 0.15) is 7.43 Å². The van der Waals surface area contributed by atoms with Crippen LogP contribution in [0.4, 0.5) is 0 Å². The van der Waals surface area contributed by atoms with Crippen molar-refractivity contribution in [1.82, 2.24) is 0 Å². The topological polar surface area (TPSA) is 0 Å². The van der Waals surface area contributed by atoms with Gasteiger partial charge >= 0.3 is 0 Å². The summed E-state index contributed by atoms with van der Waals surface area (Å²) in [6.07, 6.45) is 0. The van der Waals surface area contributed by atoms with Crippen LogP contribution in [0.25, 0.3) is 0 Å². The molecular weight excluding hydrogens is 187 g/mol. The molecule has 2 aromatic rings. The van der Waals surface area contributed by atoms with E-state index in [0.717, 1.165) is 8.58 Å². The van der Waals surface area contributed by atoms with Gasteiger partial charge in [-0.1, -0.05) is 76.7 Å². The minimum Gasteiger partial charge on any atom is -0.0776 e. The van der Waals surface area contributed by atoms with Gasteiger partial charge in [0.25, 0.3) is 0 Å². The van der Waals surface area contributed by atoms with Gasteiger partial charge in [0.2, 0.25) is 0 Å². The van der Waals surface area contributed by atoms with Crippen LogP contribution in [0.5, 0.6) is 0 Å². The summed E-state index contributed by atoms with van der Waals surface area (Å²) < 4.78 is 0. The fraction of sp³-hybridized carbons (Fsp3) is 0.0769. The zero-order chi connectivity index (χ0) is 8.93. The molecule has 0 saturated carbocycles. The van der Waals surface area contributed by atoms with Crippen LogP contribution in [0.2, 0.25) is 0 Å². The Bertz CT molecular complexity index is 316. The van der Waals surface area contributed by atoms with Gasteiger partial charge in [-0.15, -0.1) is 0 Å². The molecule has 0 aliphatic rings. The summed E-state index contributed by atoms with van der Waals surface area (Å²) in [6.45, 7) is 0. The Kier molecular flexibility index (Phi) is 4.35. The molecule has 0 spiro atoms. The molecule has 0 aliphatic carbocycles. The minimum atomic E-state index is 0. The average Bonchev–Trinajstić information content (AvgIpc) is 2.21. The fourth-order valence-corrected chi connectivity index (χ4v) is 2.26. The normalized spacial score (nSPS) is 9.14. The first-order chi connectivity index (χ1) is 6.45. The van der Waals surface area contributed by atoms with Crippen molar-refractivity contribution in [2.24, 2.45) is 0 Å². The van der Waals surface area contributed by atoms with Gasteiger partial charge < -0.3 is 0 Å². The van der Waals surface area contributed by atoms with E-state index in [9.17, 15) is 0 Å². The highest BCUT2D eigenvalue weighted by atomic mass is 31.1. The number of hydrogen-bond acceptors (Lipinski definition) is 0. The summed E-state index contributed by atoms with van der Waals surface area (Å²) in [5, 5.41) is 2.79. The molecule has 0 unspecified atom stereocenters. The van der Waals surface area contributed by atoms with Crippen LogP contribution < -0.4 is 10.6 Å². The predicted octanol–water partition coefficient (Wildman–Crippen LogP) is 2.95. The van der Waals surface area contributed by atoms with Crippen molar-refractivity contribution in [2.45, 2.75) is 7.43 Å². The first-order valence-corrected chi connectivity index (χ1v) is 5.32. The van der Waals surface area contributed by atoms with Crippen molar-refractivity contribution in [2.75, 3.05) is 0 Å². The van der Waals surface area contributed by atoms with E-state index in [4.69, 9.17) is 0 Å². The molecule has 0 saturated heterocycles. The van der Waals surface area contributed by atoms with Gasteiger partial charge in [-0.25, -0.2) is 0 Å². The standard InChI is InChI=1S/C12H11P.CH4/c1-3-7-11(8-4-1)13-12-9-5-2-6-10-12;/h1-10,13H;1H4. The molecule has 72 valence electrons. The van der Waals surface area contributed by atoms with Gasteiger partial charge in [-0.3, -0.25) is 0 Å². The lowest BCUT2D eigenvalue weighted by Gasteiger charge is -2.00. The highest BCUT2D eigenvalue weighted by Crippen LogP contribution is 2.08. The summed E-state index contributed by atoms with van der Waals surface area (Å²) in [5.41, 5.74) is 0. The maximum Gasteiger partial charge on any atom is -0.0226 e. The highest BCUT2D eigenvalue weighted by Gasteiger charge is 1.92. The summed E-state index contributed by atoms with van der Waals surface area (Å²) in [4.78, 5) is 0. The van der Waals surface area contributed by atoms with Crippen molar-refractivity contribution in [3.05, 3.63) is 60.7 Å². The van der Waals surface area contributed by atoms with Gasteiger partial charge in [0, 0.05) is 0 Å². The molecule has 0 N–H and O–H groups in total. The lowest BCUT2D eigenvalue weighted by Crippen LogP contribution is -2.01. The molecule has 0 bridgehead atoms. The second kappa shape index (κ2) is 5.57. The SMILES string of the molecule is C.c1ccc(Pc2ccccc2)cc1. The Hall–Kier alpha value is -1.13. The Morgan fingerprint density at radius 1 is 0.571 bits per heavy atom. The summed E-state index contributed by atoms with van der Waals surface area (Å²) in [7, 11) is 0.777. The van der Waals surface area contributed by atoms with Crippen molar-refractivity contribution < 1.29 is 0 Å². The van der Waals surface area contributed by atoms with Crippen LogP contribution in [-0.2, 0) is 0 Å². The smallest absolute Gasteiger partial charge is 0.0226 e. The Morgan fingerprint density at radius 3 is 1.29 bits per heavy atom. The first-order valence-electron chi connectivity index (χ1n) is 4.32. The molecule has 14 heavy (non-hydrogen) atoms. The monoisotopic (exact) mass is 202 g/mol. The van der Waals surface area contributed by atoms with E-state index < -0.39 is 0 Å². The third-order valence-electron chi connectivity index (χ3n) is 1.84. The van der Waals surface area contributed by atoms with Crippen molar-refractivity contribution in [1.29, 1.82) is 0 Å². The first kappa shape index (κ1) is 10.9. The van der Waals surface area contributed by atoms with Gasteiger partial charge in [0.1, 0.15) is 0 Å². The number of rotatable bonds is 2. The second-order valence-corrected chi connectivity index (χ2v) is 4.26. The summed E-state index contributed by atoms with van der Waals surface area (Å²) in [5.74, 6) is 0. The molecule has 0 radical (unpaired) electrons. The lowest BCUT2D eigenvalue weighted by atomic mass is 10.4. The zero-order valence-electron chi connectivity index (χ0n) is 7.27. The van der Waals surface area contributed by atoms with E-state index in [2.05, 4.69) is 60.7 Å². The zero-order valence-corrected chi connectivity index (χ0v) is 8.27. The minimum absolute atomic E-state index is 0. The molecule has 0 heterocycles. The third kappa shape index (κ3) is 2.97. The largest absolute Gasteiger partial charge is 0.0776 e. The van der Waals surface area contributed by atoms with E-state index in [1.165, 1.54) is 10.6 Å².